The summed E-state index contributed by atoms with van der Waals surface area (Å²) in [6, 6.07) is 0. The molecule has 2 unspecified atom stereocenters. The lowest BCUT2D eigenvalue weighted by Gasteiger charge is -2.28. The van der Waals surface area contributed by atoms with Gasteiger partial charge >= 0.3 is 0 Å². The van der Waals surface area contributed by atoms with Gasteiger partial charge in [0.25, 0.3) is 0 Å². The molecule has 0 aromatic heterocycles. The van der Waals surface area contributed by atoms with Gasteiger partial charge in [0.05, 0.1) is 5.88 Å². The number of carbonyl (C=O) groups excluding carboxylic acids is 2. The highest BCUT2D eigenvalue weighted by molar-refractivity contribution is 6.21. The lowest BCUT2D eigenvalue weighted by Crippen LogP contribution is -2.54. The molecule has 0 amide bonds. The van der Waals surface area contributed by atoms with Crippen LogP contribution in [0.4, 0.5) is 0 Å². The third-order valence-corrected chi connectivity index (χ3v) is 9.39. The summed E-state index contributed by atoms with van der Waals surface area (Å²) < 4.78 is 0. The molecular weight excluding hydrogens is 544 g/mol. The molecule has 0 aromatic carbocycles. The fourth-order valence-corrected chi connectivity index (χ4v) is 6.19. The lowest BCUT2D eigenvalue weighted by molar-refractivity contribution is -0.156. The maximum atomic E-state index is 12.7. The number of aliphatic hydroxyl groups excluding tert-OH is 1. The van der Waals surface area contributed by atoms with Gasteiger partial charge in [-0.25, -0.2) is 0 Å². The number of carbonyl (C=O) groups is 2. The molecule has 0 aliphatic heterocycles. The van der Waals surface area contributed by atoms with E-state index in [4.69, 9.17) is 11.6 Å². The lowest BCUT2D eigenvalue weighted by atomic mass is 9.86. The molecule has 0 saturated carbocycles. The largest absolute Gasteiger partial charge is 0.382 e. The first-order chi connectivity index (χ1) is 20.4. The summed E-state index contributed by atoms with van der Waals surface area (Å²) in [7, 11) is 0. The van der Waals surface area contributed by atoms with E-state index in [-0.39, 0.29) is 12.8 Å². The van der Waals surface area contributed by atoms with E-state index in [1.807, 2.05) is 0 Å². The Balaban J connectivity index is 3.83. The second-order valence-corrected chi connectivity index (χ2v) is 13.3. The van der Waals surface area contributed by atoms with Crippen LogP contribution >= 0.6 is 11.6 Å². The van der Waals surface area contributed by atoms with Crippen LogP contribution in [0.2, 0.25) is 0 Å². The summed E-state index contributed by atoms with van der Waals surface area (Å²) in [6.45, 7) is 4.51. The van der Waals surface area contributed by atoms with Gasteiger partial charge in [0.1, 0.15) is 6.10 Å². The number of aliphatic hydroxyl groups is 2. The number of Topliss-reactive ketones (excluding diaryl/α,β-unsaturated/α-hetero) is 2. The fourth-order valence-electron chi connectivity index (χ4n) is 5.89. The van der Waals surface area contributed by atoms with Crippen LogP contribution < -0.4 is 0 Å². The van der Waals surface area contributed by atoms with Crippen LogP contribution in [0.15, 0.2) is 0 Å². The Morgan fingerprint density at radius 1 is 0.500 bits per heavy atom. The van der Waals surface area contributed by atoms with Crippen molar-refractivity contribution in [3.63, 3.8) is 0 Å². The van der Waals surface area contributed by atoms with Crippen molar-refractivity contribution in [2.24, 2.45) is 0 Å². The molecule has 0 fully saturated rings. The highest BCUT2D eigenvalue weighted by Gasteiger charge is 2.45. The molecule has 2 N–H and O–H groups in total. The molecule has 4 nitrogen and oxygen atoms in total. The Bertz CT molecular complexity index is 611. The molecule has 0 spiro atoms. The summed E-state index contributed by atoms with van der Waals surface area (Å²) in [5.74, 6) is -1.42. The average Bonchev–Trinajstić information content (AvgIpc) is 3.00. The number of rotatable bonds is 34. The topological polar surface area (TPSA) is 74.6 Å². The molecule has 0 radical (unpaired) electrons. The van der Waals surface area contributed by atoms with Gasteiger partial charge in [-0.05, 0) is 12.8 Å². The van der Waals surface area contributed by atoms with Crippen molar-refractivity contribution in [2.45, 2.75) is 218 Å². The molecule has 0 rings (SSSR count). The van der Waals surface area contributed by atoms with Crippen molar-refractivity contribution in [1.29, 1.82) is 0 Å². The molecule has 0 aliphatic carbocycles. The predicted octanol–water partition coefficient (Wildman–Crippen LogP) is 11.2. The number of hydrogen-bond donors (Lipinski definition) is 2. The van der Waals surface area contributed by atoms with Crippen LogP contribution in [0.5, 0.6) is 0 Å². The Kier molecular flexibility index (Phi) is 30.2. The Morgan fingerprint density at radius 3 is 1.05 bits per heavy atom. The monoisotopic (exact) mass is 615 g/mol. The van der Waals surface area contributed by atoms with E-state index in [0.29, 0.717) is 12.8 Å². The number of ketones is 2. The first-order valence-corrected chi connectivity index (χ1v) is 19.0. The van der Waals surface area contributed by atoms with Gasteiger partial charge in [-0.15, -0.1) is 11.6 Å². The van der Waals surface area contributed by atoms with Crippen molar-refractivity contribution in [1.82, 2.24) is 0 Å². The van der Waals surface area contributed by atoms with Gasteiger partial charge in [0.2, 0.25) is 0 Å². The summed E-state index contributed by atoms with van der Waals surface area (Å²) in [6.07, 6.45) is 33.1. The maximum Gasteiger partial charge on any atom is 0.169 e. The molecule has 0 aromatic rings. The summed E-state index contributed by atoms with van der Waals surface area (Å²) >= 11 is 5.92. The minimum atomic E-state index is -2.16. The molecule has 2 atom stereocenters. The first kappa shape index (κ1) is 41.5. The van der Waals surface area contributed by atoms with E-state index < -0.39 is 29.2 Å². The minimum absolute atomic E-state index is 0.157. The first-order valence-electron chi connectivity index (χ1n) is 18.5. The maximum absolute atomic E-state index is 12.7. The molecular formula is C37H71ClO4. The summed E-state index contributed by atoms with van der Waals surface area (Å²) in [5.41, 5.74) is -2.16. The Labute approximate surface area is 266 Å². The summed E-state index contributed by atoms with van der Waals surface area (Å²) in [5, 5.41) is 21.3. The molecule has 0 heterocycles. The van der Waals surface area contributed by atoms with Crippen LogP contribution in [-0.4, -0.2) is 39.4 Å². The van der Waals surface area contributed by atoms with Gasteiger partial charge in [-0.1, -0.05) is 181 Å². The fraction of sp³-hybridized carbons (Fsp3) is 0.946. The SMILES string of the molecule is CCCCCCCCCCCCCCCCCC(=O)C(O)(CCl)C(O)C(=O)CCCCCCCCCCCCCCC. The van der Waals surface area contributed by atoms with Gasteiger partial charge in [0.15, 0.2) is 17.2 Å². The van der Waals surface area contributed by atoms with Gasteiger partial charge in [-0.3, -0.25) is 9.59 Å². The van der Waals surface area contributed by atoms with E-state index in [1.54, 1.807) is 0 Å². The van der Waals surface area contributed by atoms with Gasteiger partial charge in [-0.2, -0.15) is 0 Å². The van der Waals surface area contributed by atoms with E-state index in [9.17, 15) is 19.8 Å². The zero-order valence-electron chi connectivity index (χ0n) is 28.1. The number of unbranched alkanes of at least 4 members (excludes halogenated alkanes) is 26. The van der Waals surface area contributed by atoms with E-state index in [2.05, 4.69) is 13.8 Å². The highest BCUT2D eigenvalue weighted by atomic mass is 35.5. The number of alkyl halides is 1. The Morgan fingerprint density at radius 2 is 0.762 bits per heavy atom. The van der Waals surface area contributed by atoms with Crippen LogP contribution in [-0.2, 0) is 9.59 Å². The van der Waals surface area contributed by atoms with E-state index in [0.717, 1.165) is 25.7 Å². The van der Waals surface area contributed by atoms with Crippen LogP contribution in [0.1, 0.15) is 206 Å². The van der Waals surface area contributed by atoms with Crippen molar-refractivity contribution < 1.29 is 19.8 Å². The molecule has 42 heavy (non-hydrogen) atoms. The minimum Gasteiger partial charge on any atom is -0.382 e. The van der Waals surface area contributed by atoms with Crippen molar-refractivity contribution in [3.8, 4) is 0 Å². The second-order valence-electron chi connectivity index (χ2n) is 13.0. The van der Waals surface area contributed by atoms with Gasteiger partial charge in [0, 0.05) is 12.8 Å². The molecule has 5 heteroatoms. The zero-order valence-corrected chi connectivity index (χ0v) is 28.8. The zero-order chi connectivity index (χ0) is 31.2. The average molecular weight is 615 g/mol. The number of halogens is 1. The molecule has 0 saturated heterocycles. The quantitative estimate of drug-likeness (QED) is 0.0558. The van der Waals surface area contributed by atoms with Crippen LogP contribution in [0.3, 0.4) is 0 Å². The predicted molar refractivity (Wildman–Crippen MR) is 182 cm³/mol. The van der Waals surface area contributed by atoms with E-state index >= 15 is 0 Å². The smallest absolute Gasteiger partial charge is 0.169 e. The molecule has 250 valence electrons. The highest BCUT2D eigenvalue weighted by Crippen LogP contribution is 2.22. The van der Waals surface area contributed by atoms with Crippen molar-refractivity contribution in [3.05, 3.63) is 0 Å². The molecule has 0 bridgehead atoms. The third kappa shape index (κ3) is 23.0. The van der Waals surface area contributed by atoms with Gasteiger partial charge < -0.3 is 10.2 Å². The van der Waals surface area contributed by atoms with Crippen LogP contribution in [0.25, 0.3) is 0 Å². The summed E-state index contributed by atoms with van der Waals surface area (Å²) in [4.78, 5) is 25.3. The van der Waals surface area contributed by atoms with Crippen molar-refractivity contribution >= 4 is 23.2 Å². The second kappa shape index (κ2) is 30.6. The number of hydrogen-bond acceptors (Lipinski definition) is 4. The third-order valence-electron chi connectivity index (χ3n) is 8.98. The normalized spacial score (nSPS) is 13.7. The van der Waals surface area contributed by atoms with Crippen LogP contribution in [0, 0.1) is 0 Å². The standard InChI is InChI=1S/C37H71ClO4/c1-3-5-7-9-11-13-15-17-18-20-22-24-26-28-30-32-35(40)37(42,33-38)36(41)34(39)31-29-27-25-23-21-19-16-14-12-10-8-6-4-2/h36,41-42H,3-33H2,1-2H3. The van der Waals surface area contributed by atoms with E-state index in [1.165, 1.54) is 141 Å². The molecule has 0 aliphatic rings. The Hall–Kier alpha value is -0.450. The van der Waals surface area contributed by atoms with Crippen molar-refractivity contribution in [2.75, 3.05) is 5.88 Å².